The van der Waals surface area contributed by atoms with E-state index < -0.39 is 11.9 Å². The molecule has 1 unspecified atom stereocenters. The van der Waals surface area contributed by atoms with Crippen molar-refractivity contribution < 1.29 is 19.0 Å². The lowest BCUT2D eigenvalue weighted by molar-refractivity contribution is 0.173. The van der Waals surface area contributed by atoms with E-state index in [2.05, 4.69) is 0 Å². The molecule has 1 N–H and O–H groups in total. The molecule has 0 amide bonds. The van der Waals surface area contributed by atoms with Gasteiger partial charge in [0.2, 0.25) is 6.79 Å². The highest BCUT2D eigenvalue weighted by Gasteiger charge is 2.18. The molecule has 1 heterocycles. The Kier molecular flexibility index (Phi) is 1.84. The number of ether oxygens (including phenoxy) is 2. The predicted octanol–water partition coefficient (Wildman–Crippen LogP) is 1.61. The van der Waals surface area contributed by atoms with Crippen LogP contribution in [0.3, 0.4) is 0 Å². The molecule has 0 aromatic heterocycles. The lowest BCUT2D eigenvalue weighted by Crippen LogP contribution is -1.95. The van der Waals surface area contributed by atoms with Crippen LogP contribution in [0.1, 0.15) is 18.6 Å². The average Bonchev–Trinajstić information content (AvgIpc) is 2.48. The van der Waals surface area contributed by atoms with Gasteiger partial charge in [0.1, 0.15) is 5.82 Å². The van der Waals surface area contributed by atoms with Crippen LogP contribution in [0.25, 0.3) is 0 Å². The van der Waals surface area contributed by atoms with Crippen LogP contribution in [0.15, 0.2) is 12.1 Å². The monoisotopic (exact) mass is 184 g/mol. The summed E-state index contributed by atoms with van der Waals surface area (Å²) in [7, 11) is 0. The standard InChI is InChI=1S/C9H9FO3/c1-5(11)6-2-8-9(3-7(6)10)13-4-12-8/h2-3,5,11H,4H2,1H3. The maximum absolute atomic E-state index is 13.2. The molecule has 0 radical (unpaired) electrons. The third kappa shape index (κ3) is 1.33. The Labute approximate surface area is 74.7 Å². The zero-order valence-corrected chi connectivity index (χ0v) is 7.08. The molecule has 2 rings (SSSR count). The van der Waals surface area contributed by atoms with Gasteiger partial charge in [-0.2, -0.15) is 0 Å². The van der Waals surface area contributed by atoms with Gasteiger partial charge in [0, 0.05) is 11.6 Å². The average molecular weight is 184 g/mol. The summed E-state index contributed by atoms with van der Waals surface area (Å²) in [6.45, 7) is 1.61. The van der Waals surface area contributed by atoms with Crippen LogP contribution in [-0.2, 0) is 0 Å². The molecule has 1 aliphatic rings. The van der Waals surface area contributed by atoms with E-state index in [4.69, 9.17) is 9.47 Å². The van der Waals surface area contributed by atoms with Crippen LogP contribution in [-0.4, -0.2) is 11.9 Å². The van der Waals surface area contributed by atoms with Gasteiger partial charge in [-0.1, -0.05) is 0 Å². The van der Waals surface area contributed by atoms with Crippen molar-refractivity contribution in [1.29, 1.82) is 0 Å². The molecule has 3 nitrogen and oxygen atoms in total. The van der Waals surface area contributed by atoms with Crippen LogP contribution in [0.5, 0.6) is 11.5 Å². The highest BCUT2D eigenvalue weighted by molar-refractivity contribution is 5.45. The Hall–Kier alpha value is -1.29. The van der Waals surface area contributed by atoms with Gasteiger partial charge in [0.25, 0.3) is 0 Å². The van der Waals surface area contributed by atoms with Gasteiger partial charge in [0.05, 0.1) is 6.10 Å². The van der Waals surface area contributed by atoms with Crippen molar-refractivity contribution in [3.05, 3.63) is 23.5 Å². The van der Waals surface area contributed by atoms with Crippen LogP contribution >= 0.6 is 0 Å². The molecule has 0 bridgehead atoms. The first kappa shape index (κ1) is 8.31. The topological polar surface area (TPSA) is 38.7 Å². The van der Waals surface area contributed by atoms with Crippen molar-refractivity contribution >= 4 is 0 Å². The van der Waals surface area contributed by atoms with E-state index in [1.54, 1.807) is 0 Å². The van der Waals surface area contributed by atoms with Gasteiger partial charge < -0.3 is 14.6 Å². The van der Waals surface area contributed by atoms with Gasteiger partial charge in [-0.05, 0) is 13.0 Å². The minimum absolute atomic E-state index is 0.109. The molecule has 0 saturated carbocycles. The number of benzene rings is 1. The van der Waals surface area contributed by atoms with Crippen LogP contribution in [0.2, 0.25) is 0 Å². The van der Waals surface area contributed by atoms with E-state index in [-0.39, 0.29) is 12.4 Å². The fraction of sp³-hybridized carbons (Fsp3) is 0.333. The molecule has 0 saturated heterocycles. The van der Waals surface area contributed by atoms with E-state index >= 15 is 0 Å². The normalized spacial score (nSPS) is 15.9. The number of aliphatic hydroxyl groups is 1. The minimum atomic E-state index is -0.838. The van der Waals surface area contributed by atoms with E-state index in [0.717, 1.165) is 0 Å². The number of fused-ring (bicyclic) bond motifs is 1. The van der Waals surface area contributed by atoms with Crippen molar-refractivity contribution in [3.63, 3.8) is 0 Å². The maximum atomic E-state index is 13.2. The Morgan fingerprint density at radius 1 is 1.38 bits per heavy atom. The lowest BCUT2D eigenvalue weighted by atomic mass is 10.1. The molecule has 0 aliphatic carbocycles. The second-order valence-corrected chi connectivity index (χ2v) is 2.90. The molecular weight excluding hydrogens is 175 g/mol. The summed E-state index contributed by atoms with van der Waals surface area (Å²) in [4.78, 5) is 0. The first-order chi connectivity index (χ1) is 6.18. The predicted molar refractivity (Wildman–Crippen MR) is 43.2 cm³/mol. The Balaban J connectivity index is 2.49. The molecule has 13 heavy (non-hydrogen) atoms. The first-order valence-corrected chi connectivity index (χ1v) is 3.95. The third-order valence-corrected chi connectivity index (χ3v) is 1.94. The number of aliphatic hydroxyl groups excluding tert-OH is 1. The van der Waals surface area contributed by atoms with E-state index in [0.29, 0.717) is 11.5 Å². The number of rotatable bonds is 1. The summed E-state index contributed by atoms with van der Waals surface area (Å²) < 4.78 is 23.2. The molecule has 70 valence electrons. The summed E-state index contributed by atoms with van der Waals surface area (Å²) in [6.07, 6.45) is -0.838. The van der Waals surface area contributed by atoms with Gasteiger partial charge in [-0.3, -0.25) is 0 Å². The SMILES string of the molecule is CC(O)c1cc2c(cc1F)OCO2. The van der Waals surface area contributed by atoms with Crippen LogP contribution in [0.4, 0.5) is 4.39 Å². The lowest BCUT2D eigenvalue weighted by Gasteiger charge is -2.06. The summed E-state index contributed by atoms with van der Waals surface area (Å²) in [5, 5.41) is 9.20. The van der Waals surface area contributed by atoms with Gasteiger partial charge >= 0.3 is 0 Å². The number of halogens is 1. The summed E-state index contributed by atoms with van der Waals surface area (Å²) in [5.41, 5.74) is 0.226. The van der Waals surface area contributed by atoms with Crippen molar-refractivity contribution in [3.8, 4) is 11.5 Å². The molecule has 0 fully saturated rings. The van der Waals surface area contributed by atoms with E-state index in [1.165, 1.54) is 19.1 Å². The molecule has 1 aromatic carbocycles. The molecule has 1 aromatic rings. The molecular formula is C9H9FO3. The molecule has 1 aliphatic heterocycles. The van der Waals surface area contributed by atoms with E-state index in [9.17, 15) is 9.50 Å². The second kappa shape index (κ2) is 2.88. The fourth-order valence-electron chi connectivity index (χ4n) is 1.25. The smallest absolute Gasteiger partial charge is 0.231 e. The Bertz CT molecular complexity index is 336. The van der Waals surface area contributed by atoms with Crippen LogP contribution in [0, 0.1) is 5.82 Å². The Morgan fingerprint density at radius 3 is 2.62 bits per heavy atom. The zero-order chi connectivity index (χ0) is 9.42. The van der Waals surface area contributed by atoms with Crippen molar-refractivity contribution in [2.75, 3.05) is 6.79 Å². The van der Waals surface area contributed by atoms with Crippen LogP contribution < -0.4 is 9.47 Å². The van der Waals surface area contributed by atoms with Crippen molar-refractivity contribution in [1.82, 2.24) is 0 Å². The largest absolute Gasteiger partial charge is 0.454 e. The summed E-state index contributed by atoms with van der Waals surface area (Å²) in [5.74, 6) is 0.401. The number of hydrogen-bond donors (Lipinski definition) is 1. The quantitative estimate of drug-likeness (QED) is 0.720. The Morgan fingerprint density at radius 2 is 2.00 bits per heavy atom. The van der Waals surface area contributed by atoms with Gasteiger partial charge in [-0.15, -0.1) is 0 Å². The third-order valence-electron chi connectivity index (χ3n) is 1.94. The molecule has 1 atom stereocenters. The molecule has 0 spiro atoms. The second-order valence-electron chi connectivity index (χ2n) is 2.90. The minimum Gasteiger partial charge on any atom is -0.454 e. The van der Waals surface area contributed by atoms with Gasteiger partial charge in [0.15, 0.2) is 11.5 Å². The van der Waals surface area contributed by atoms with Crippen molar-refractivity contribution in [2.45, 2.75) is 13.0 Å². The molecule has 4 heteroatoms. The fourth-order valence-corrected chi connectivity index (χ4v) is 1.25. The number of hydrogen-bond acceptors (Lipinski definition) is 3. The highest BCUT2D eigenvalue weighted by atomic mass is 19.1. The zero-order valence-electron chi connectivity index (χ0n) is 7.08. The van der Waals surface area contributed by atoms with E-state index in [1.807, 2.05) is 0 Å². The highest BCUT2D eigenvalue weighted by Crippen LogP contribution is 2.35. The first-order valence-electron chi connectivity index (χ1n) is 3.95. The summed E-state index contributed by atoms with van der Waals surface area (Å²) in [6, 6.07) is 2.69. The summed E-state index contributed by atoms with van der Waals surface area (Å²) >= 11 is 0. The van der Waals surface area contributed by atoms with Gasteiger partial charge in [-0.25, -0.2) is 4.39 Å². The maximum Gasteiger partial charge on any atom is 0.231 e. The van der Waals surface area contributed by atoms with Crippen molar-refractivity contribution in [2.24, 2.45) is 0 Å².